The molecule has 2 aliphatic heterocycles. The summed E-state index contributed by atoms with van der Waals surface area (Å²) in [6, 6.07) is 16.8. The molecular weight excluding hydrogens is 374 g/mol. The van der Waals surface area contributed by atoms with E-state index in [-0.39, 0.29) is 5.54 Å². The second-order valence-electron chi connectivity index (χ2n) is 8.86. The number of likely N-dealkylation sites (tertiary alicyclic amines) is 1. The van der Waals surface area contributed by atoms with Gasteiger partial charge in [-0.1, -0.05) is 24.3 Å². The molecule has 5 rings (SSSR count). The Kier molecular flexibility index (Phi) is 5.05. The molecule has 6 nitrogen and oxygen atoms in total. The Hall–Kier alpha value is -2.70. The molecule has 0 atom stereocenters. The average Bonchev–Trinajstić information content (AvgIpc) is 3.21. The van der Waals surface area contributed by atoms with Gasteiger partial charge in [0, 0.05) is 5.69 Å². The fourth-order valence-electron chi connectivity index (χ4n) is 4.61. The predicted molar refractivity (Wildman–Crippen MR) is 119 cm³/mol. The van der Waals surface area contributed by atoms with E-state index in [2.05, 4.69) is 52.3 Å². The van der Waals surface area contributed by atoms with Gasteiger partial charge < -0.3 is 10.1 Å². The van der Waals surface area contributed by atoms with Crippen LogP contribution in [0.1, 0.15) is 36.8 Å². The Bertz CT molecular complexity index is 1000. The highest BCUT2D eigenvalue weighted by Crippen LogP contribution is 2.35. The van der Waals surface area contributed by atoms with Crippen LogP contribution in [0, 0.1) is 6.92 Å². The van der Waals surface area contributed by atoms with Gasteiger partial charge in [0.1, 0.15) is 6.33 Å². The van der Waals surface area contributed by atoms with E-state index in [0.29, 0.717) is 11.9 Å². The minimum atomic E-state index is 0.257. The molecule has 0 aliphatic carbocycles. The third-order valence-electron chi connectivity index (χ3n) is 6.42. The van der Waals surface area contributed by atoms with Crippen molar-refractivity contribution >= 4 is 11.6 Å². The summed E-state index contributed by atoms with van der Waals surface area (Å²) in [6.07, 6.45) is 4.13. The lowest BCUT2D eigenvalue weighted by atomic mass is 9.85. The number of anilines is 2. The second kappa shape index (κ2) is 7.85. The molecule has 30 heavy (non-hydrogen) atoms. The number of hydrogen-bond donors (Lipinski definition) is 1. The first-order chi connectivity index (χ1) is 14.6. The number of aromatic nitrogens is 3. The molecule has 3 aromatic rings. The summed E-state index contributed by atoms with van der Waals surface area (Å²) in [5, 5.41) is 7.97. The third kappa shape index (κ3) is 3.85. The molecule has 0 radical (unpaired) electrons. The van der Waals surface area contributed by atoms with Gasteiger partial charge in [-0.05, 0) is 81.1 Å². The van der Waals surface area contributed by atoms with Crippen molar-refractivity contribution in [3.05, 3.63) is 66.0 Å². The number of ether oxygens (including phenoxy) is 1. The standard InChI is InChI=1S/C24H29N5O/c1-18-12-20(19-8-10-28(11-9-19)24(2)15-30-16-24)14-21(13-18)26-23-25-17-29(27-23)22-6-4-3-5-7-22/h3-7,12-14,17,19H,8-11,15-16H2,1-2H3,(H,26,27). The lowest BCUT2D eigenvalue weighted by Gasteiger charge is -2.50. The molecule has 6 heteroatoms. The normalized spacial score (nSPS) is 19.4. The minimum absolute atomic E-state index is 0.257. The van der Waals surface area contributed by atoms with Crippen LogP contribution in [0.3, 0.4) is 0 Å². The predicted octanol–water partition coefficient (Wildman–Crippen LogP) is 4.29. The Morgan fingerprint density at radius 1 is 1.07 bits per heavy atom. The molecule has 3 heterocycles. The van der Waals surface area contributed by atoms with Gasteiger partial charge in [-0.15, -0.1) is 5.10 Å². The van der Waals surface area contributed by atoms with Crippen LogP contribution in [0.25, 0.3) is 5.69 Å². The van der Waals surface area contributed by atoms with Crippen LogP contribution < -0.4 is 5.32 Å². The van der Waals surface area contributed by atoms with Crippen molar-refractivity contribution in [3.63, 3.8) is 0 Å². The summed E-state index contributed by atoms with van der Waals surface area (Å²) in [5.41, 5.74) is 4.99. The highest BCUT2D eigenvalue weighted by atomic mass is 16.5. The molecule has 2 aliphatic rings. The van der Waals surface area contributed by atoms with Crippen LogP contribution in [-0.4, -0.2) is 51.5 Å². The van der Waals surface area contributed by atoms with Crippen LogP contribution in [0.15, 0.2) is 54.9 Å². The second-order valence-corrected chi connectivity index (χ2v) is 8.86. The van der Waals surface area contributed by atoms with Gasteiger partial charge in [0.15, 0.2) is 0 Å². The van der Waals surface area contributed by atoms with Crippen molar-refractivity contribution in [1.82, 2.24) is 19.7 Å². The van der Waals surface area contributed by atoms with E-state index in [1.807, 2.05) is 30.3 Å². The van der Waals surface area contributed by atoms with Gasteiger partial charge >= 0.3 is 0 Å². The zero-order valence-corrected chi connectivity index (χ0v) is 17.7. The molecule has 1 aromatic heterocycles. The maximum Gasteiger partial charge on any atom is 0.246 e. The first-order valence-electron chi connectivity index (χ1n) is 10.8. The molecule has 156 valence electrons. The largest absolute Gasteiger partial charge is 0.377 e. The van der Waals surface area contributed by atoms with E-state index in [9.17, 15) is 0 Å². The van der Waals surface area contributed by atoms with Gasteiger partial charge in [-0.3, -0.25) is 4.90 Å². The van der Waals surface area contributed by atoms with Crippen molar-refractivity contribution in [1.29, 1.82) is 0 Å². The molecule has 0 spiro atoms. The summed E-state index contributed by atoms with van der Waals surface area (Å²) in [4.78, 5) is 7.05. The number of piperidine rings is 1. The Morgan fingerprint density at radius 3 is 2.53 bits per heavy atom. The van der Waals surface area contributed by atoms with Gasteiger partial charge in [0.05, 0.1) is 24.4 Å². The quantitative estimate of drug-likeness (QED) is 0.689. The summed E-state index contributed by atoms with van der Waals surface area (Å²) in [6.45, 7) is 8.52. The van der Waals surface area contributed by atoms with Crippen LogP contribution in [-0.2, 0) is 4.74 Å². The molecule has 2 aromatic carbocycles. The van der Waals surface area contributed by atoms with Crippen molar-refractivity contribution < 1.29 is 4.74 Å². The van der Waals surface area contributed by atoms with E-state index in [0.717, 1.165) is 37.7 Å². The lowest BCUT2D eigenvalue weighted by molar-refractivity contribution is -0.136. The molecular formula is C24H29N5O. The van der Waals surface area contributed by atoms with Crippen LogP contribution >= 0.6 is 0 Å². The van der Waals surface area contributed by atoms with Crippen molar-refractivity contribution in [3.8, 4) is 5.69 Å². The summed E-state index contributed by atoms with van der Waals surface area (Å²) >= 11 is 0. The lowest BCUT2D eigenvalue weighted by Crippen LogP contribution is -2.61. The maximum atomic E-state index is 5.46. The summed E-state index contributed by atoms with van der Waals surface area (Å²) in [5.74, 6) is 1.21. The Morgan fingerprint density at radius 2 is 1.83 bits per heavy atom. The van der Waals surface area contributed by atoms with Crippen molar-refractivity contribution in [2.24, 2.45) is 0 Å². The number of nitrogens with zero attached hydrogens (tertiary/aromatic N) is 4. The van der Waals surface area contributed by atoms with E-state index in [1.165, 1.54) is 24.0 Å². The van der Waals surface area contributed by atoms with Gasteiger partial charge in [-0.2, -0.15) is 4.98 Å². The number of hydrogen-bond acceptors (Lipinski definition) is 5. The smallest absolute Gasteiger partial charge is 0.246 e. The first-order valence-corrected chi connectivity index (χ1v) is 10.8. The molecule has 2 fully saturated rings. The number of benzene rings is 2. The first kappa shape index (κ1) is 19.3. The van der Waals surface area contributed by atoms with Crippen molar-refractivity contribution in [2.45, 2.75) is 38.1 Å². The topological polar surface area (TPSA) is 55.2 Å². The average molecular weight is 404 g/mol. The zero-order chi connectivity index (χ0) is 20.6. The highest BCUT2D eigenvalue weighted by molar-refractivity contribution is 5.56. The molecule has 0 unspecified atom stereocenters. The van der Waals surface area contributed by atoms with E-state index in [1.54, 1.807) is 11.0 Å². The molecule has 0 amide bonds. The fourth-order valence-corrected chi connectivity index (χ4v) is 4.61. The monoisotopic (exact) mass is 403 g/mol. The van der Waals surface area contributed by atoms with Gasteiger partial charge in [0.2, 0.25) is 5.95 Å². The zero-order valence-electron chi connectivity index (χ0n) is 17.7. The molecule has 0 saturated carbocycles. The Labute approximate surface area is 177 Å². The highest BCUT2D eigenvalue weighted by Gasteiger charge is 2.40. The Balaban J connectivity index is 1.28. The van der Waals surface area contributed by atoms with Crippen LogP contribution in [0.2, 0.25) is 0 Å². The number of aryl methyl sites for hydroxylation is 1. The fraction of sp³-hybridized carbons (Fsp3) is 0.417. The molecule has 0 bridgehead atoms. The third-order valence-corrected chi connectivity index (χ3v) is 6.42. The van der Waals surface area contributed by atoms with Crippen LogP contribution in [0.5, 0.6) is 0 Å². The number of nitrogens with one attached hydrogen (secondary N) is 1. The maximum absolute atomic E-state index is 5.46. The van der Waals surface area contributed by atoms with E-state index >= 15 is 0 Å². The minimum Gasteiger partial charge on any atom is -0.377 e. The van der Waals surface area contributed by atoms with E-state index < -0.39 is 0 Å². The summed E-state index contributed by atoms with van der Waals surface area (Å²) in [7, 11) is 0. The van der Waals surface area contributed by atoms with Crippen LogP contribution in [0.4, 0.5) is 11.6 Å². The van der Waals surface area contributed by atoms with Gasteiger partial charge in [-0.25, -0.2) is 4.68 Å². The van der Waals surface area contributed by atoms with Crippen molar-refractivity contribution in [2.75, 3.05) is 31.6 Å². The van der Waals surface area contributed by atoms with E-state index in [4.69, 9.17) is 4.74 Å². The number of rotatable bonds is 5. The summed E-state index contributed by atoms with van der Waals surface area (Å²) < 4.78 is 7.25. The molecule has 1 N–H and O–H groups in total. The van der Waals surface area contributed by atoms with Gasteiger partial charge in [0.25, 0.3) is 0 Å². The molecule has 2 saturated heterocycles. The number of para-hydroxylation sites is 1. The SMILES string of the molecule is Cc1cc(Nc2ncn(-c3ccccc3)n2)cc(C2CCN(C3(C)COC3)CC2)c1.